The molecule has 0 unspecified atom stereocenters. The minimum Gasteiger partial charge on any atom is -0.339 e. The fourth-order valence-electron chi connectivity index (χ4n) is 2.72. The van der Waals surface area contributed by atoms with Gasteiger partial charge in [-0.1, -0.05) is 22.9 Å². The van der Waals surface area contributed by atoms with Crippen molar-refractivity contribution in [2.24, 2.45) is 0 Å². The SMILES string of the molecule is Cc1ccc(C(=O)N2CCC[C@@H](c3nc(C)no3)C2)cc1. The van der Waals surface area contributed by atoms with Gasteiger partial charge in [-0.2, -0.15) is 4.98 Å². The second-order valence-electron chi connectivity index (χ2n) is 5.64. The van der Waals surface area contributed by atoms with Crippen LogP contribution in [0.2, 0.25) is 0 Å². The third-order valence-electron chi connectivity index (χ3n) is 3.90. The van der Waals surface area contributed by atoms with Crippen molar-refractivity contribution in [2.75, 3.05) is 13.1 Å². The van der Waals surface area contributed by atoms with E-state index in [0.29, 0.717) is 18.3 Å². The number of amides is 1. The van der Waals surface area contributed by atoms with Crippen molar-refractivity contribution in [2.45, 2.75) is 32.6 Å². The molecular weight excluding hydrogens is 266 g/mol. The van der Waals surface area contributed by atoms with Gasteiger partial charge in [0.15, 0.2) is 5.82 Å². The maximum absolute atomic E-state index is 12.6. The Balaban J connectivity index is 1.73. The molecule has 1 amide bonds. The lowest BCUT2D eigenvalue weighted by Crippen LogP contribution is -2.39. The summed E-state index contributed by atoms with van der Waals surface area (Å²) in [6.07, 6.45) is 1.95. The van der Waals surface area contributed by atoms with Crippen LogP contribution < -0.4 is 0 Å². The minimum absolute atomic E-state index is 0.0796. The van der Waals surface area contributed by atoms with Crippen molar-refractivity contribution < 1.29 is 9.32 Å². The summed E-state index contributed by atoms with van der Waals surface area (Å²) in [5.41, 5.74) is 1.90. The molecule has 2 heterocycles. The van der Waals surface area contributed by atoms with Gasteiger partial charge in [0.2, 0.25) is 5.89 Å². The molecule has 5 nitrogen and oxygen atoms in total. The highest BCUT2D eigenvalue weighted by Crippen LogP contribution is 2.26. The highest BCUT2D eigenvalue weighted by molar-refractivity contribution is 5.94. The molecule has 1 aliphatic rings. The molecule has 1 fully saturated rings. The van der Waals surface area contributed by atoms with Crippen LogP contribution in [0.1, 0.15) is 46.4 Å². The molecule has 21 heavy (non-hydrogen) atoms. The number of hydrogen-bond acceptors (Lipinski definition) is 4. The summed E-state index contributed by atoms with van der Waals surface area (Å²) in [4.78, 5) is 18.7. The maximum atomic E-state index is 12.6. The number of likely N-dealkylation sites (tertiary alicyclic amines) is 1. The number of aryl methyl sites for hydroxylation is 2. The van der Waals surface area contributed by atoms with Crippen molar-refractivity contribution in [1.29, 1.82) is 0 Å². The number of benzene rings is 1. The van der Waals surface area contributed by atoms with Crippen LogP contribution in [0.5, 0.6) is 0 Å². The second-order valence-corrected chi connectivity index (χ2v) is 5.64. The van der Waals surface area contributed by atoms with E-state index in [1.807, 2.05) is 43.0 Å². The number of rotatable bonds is 2. The molecule has 1 atom stereocenters. The summed E-state index contributed by atoms with van der Waals surface area (Å²) >= 11 is 0. The van der Waals surface area contributed by atoms with Gasteiger partial charge >= 0.3 is 0 Å². The van der Waals surface area contributed by atoms with Crippen LogP contribution in [0.15, 0.2) is 28.8 Å². The van der Waals surface area contributed by atoms with Crippen LogP contribution in [-0.4, -0.2) is 34.0 Å². The Labute approximate surface area is 124 Å². The molecule has 0 aliphatic carbocycles. The van der Waals surface area contributed by atoms with Gasteiger partial charge in [-0.25, -0.2) is 0 Å². The normalized spacial score (nSPS) is 18.8. The zero-order valence-electron chi connectivity index (χ0n) is 12.4. The number of nitrogens with zero attached hydrogens (tertiary/aromatic N) is 3. The molecule has 0 bridgehead atoms. The quantitative estimate of drug-likeness (QED) is 0.851. The Kier molecular flexibility index (Phi) is 3.73. The minimum atomic E-state index is 0.0796. The molecular formula is C16H19N3O2. The van der Waals surface area contributed by atoms with Crippen LogP contribution in [-0.2, 0) is 0 Å². The predicted octanol–water partition coefficient (Wildman–Crippen LogP) is 2.71. The third-order valence-corrected chi connectivity index (χ3v) is 3.90. The molecule has 1 aromatic carbocycles. The van der Waals surface area contributed by atoms with Crippen molar-refractivity contribution in [3.8, 4) is 0 Å². The van der Waals surface area contributed by atoms with Crippen LogP contribution in [0.3, 0.4) is 0 Å². The fraction of sp³-hybridized carbons (Fsp3) is 0.438. The van der Waals surface area contributed by atoms with Gasteiger partial charge in [0.05, 0.1) is 5.92 Å². The molecule has 5 heteroatoms. The second kappa shape index (κ2) is 5.68. The zero-order valence-corrected chi connectivity index (χ0v) is 12.4. The topological polar surface area (TPSA) is 59.2 Å². The Morgan fingerprint density at radius 2 is 2.05 bits per heavy atom. The molecule has 3 rings (SSSR count). The summed E-state index contributed by atoms with van der Waals surface area (Å²) in [5, 5.41) is 3.84. The van der Waals surface area contributed by atoms with Crippen LogP contribution >= 0.6 is 0 Å². The van der Waals surface area contributed by atoms with E-state index >= 15 is 0 Å². The molecule has 0 radical (unpaired) electrons. The molecule has 1 aliphatic heterocycles. The first-order chi connectivity index (χ1) is 10.1. The molecule has 1 aromatic heterocycles. The van der Waals surface area contributed by atoms with Gasteiger partial charge in [0.1, 0.15) is 0 Å². The predicted molar refractivity (Wildman–Crippen MR) is 78.1 cm³/mol. The van der Waals surface area contributed by atoms with Crippen LogP contribution in [0, 0.1) is 13.8 Å². The van der Waals surface area contributed by atoms with E-state index in [-0.39, 0.29) is 11.8 Å². The van der Waals surface area contributed by atoms with E-state index < -0.39 is 0 Å². The fourth-order valence-corrected chi connectivity index (χ4v) is 2.72. The average molecular weight is 285 g/mol. The molecule has 110 valence electrons. The van der Waals surface area contributed by atoms with E-state index in [1.54, 1.807) is 0 Å². The number of piperidine rings is 1. The Hall–Kier alpha value is -2.17. The molecule has 0 N–H and O–H groups in total. The lowest BCUT2D eigenvalue weighted by Gasteiger charge is -2.31. The number of carbonyl (C=O) groups is 1. The Bertz CT molecular complexity index is 633. The number of aromatic nitrogens is 2. The third kappa shape index (κ3) is 2.96. The number of hydrogen-bond donors (Lipinski definition) is 0. The molecule has 1 saturated heterocycles. The summed E-state index contributed by atoms with van der Waals surface area (Å²) in [5.74, 6) is 1.52. The van der Waals surface area contributed by atoms with Crippen molar-refractivity contribution in [1.82, 2.24) is 15.0 Å². The molecule has 2 aromatic rings. The standard InChI is InChI=1S/C16H19N3O2/c1-11-5-7-13(8-6-11)16(20)19-9-3-4-14(10-19)15-17-12(2)18-21-15/h5-8,14H,3-4,9-10H2,1-2H3/t14-/m1/s1. The van der Waals surface area contributed by atoms with Crippen molar-refractivity contribution >= 4 is 5.91 Å². The van der Waals surface area contributed by atoms with Gasteiger partial charge in [-0.15, -0.1) is 0 Å². The van der Waals surface area contributed by atoms with Crippen molar-refractivity contribution in [3.05, 3.63) is 47.1 Å². The summed E-state index contributed by atoms with van der Waals surface area (Å²) in [6.45, 7) is 5.26. The van der Waals surface area contributed by atoms with E-state index in [0.717, 1.165) is 30.5 Å². The summed E-state index contributed by atoms with van der Waals surface area (Å²) in [7, 11) is 0. The van der Waals surface area contributed by atoms with Gasteiger partial charge in [0.25, 0.3) is 5.91 Å². The van der Waals surface area contributed by atoms with E-state index in [1.165, 1.54) is 0 Å². The van der Waals surface area contributed by atoms with Gasteiger partial charge in [-0.3, -0.25) is 4.79 Å². The largest absolute Gasteiger partial charge is 0.339 e. The van der Waals surface area contributed by atoms with Crippen LogP contribution in [0.25, 0.3) is 0 Å². The van der Waals surface area contributed by atoms with E-state index in [2.05, 4.69) is 10.1 Å². The lowest BCUT2D eigenvalue weighted by molar-refractivity contribution is 0.0695. The Morgan fingerprint density at radius 1 is 1.29 bits per heavy atom. The zero-order chi connectivity index (χ0) is 14.8. The monoisotopic (exact) mass is 285 g/mol. The smallest absolute Gasteiger partial charge is 0.253 e. The van der Waals surface area contributed by atoms with E-state index in [9.17, 15) is 4.79 Å². The first-order valence-corrected chi connectivity index (χ1v) is 7.29. The first kappa shape index (κ1) is 13.8. The Morgan fingerprint density at radius 3 is 2.71 bits per heavy atom. The lowest BCUT2D eigenvalue weighted by atomic mass is 9.97. The highest BCUT2D eigenvalue weighted by Gasteiger charge is 2.28. The average Bonchev–Trinajstić information content (AvgIpc) is 2.94. The molecule has 0 spiro atoms. The maximum Gasteiger partial charge on any atom is 0.253 e. The summed E-state index contributed by atoms with van der Waals surface area (Å²) in [6, 6.07) is 7.71. The first-order valence-electron chi connectivity index (χ1n) is 7.29. The van der Waals surface area contributed by atoms with Gasteiger partial charge < -0.3 is 9.42 Å². The van der Waals surface area contributed by atoms with Gasteiger partial charge in [-0.05, 0) is 38.8 Å². The van der Waals surface area contributed by atoms with Gasteiger partial charge in [0, 0.05) is 18.7 Å². The summed E-state index contributed by atoms with van der Waals surface area (Å²) < 4.78 is 5.25. The van der Waals surface area contributed by atoms with Crippen molar-refractivity contribution in [3.63, 3.8) is 0 Å². The van der Waals surface area contributed by atoms with Crippen LogP contribution in [0.4, 0.5) is 0 Å². The molecule has 0 saturated carbocycles. The highest BCUT2D eigenvalue weighted by atomic mass is 16.5. The number of carbonyl (C=O) groups excluding carboxylic acids is 1. The van der Waals surface area contributed by atoms with E-state index in [4.69, 9.17) is 4.52 Å².